The monoisotopic (exact) mass is 345 g/mol. The molecule has 3 saturated heterocycles. The zero-order chi connectivity index (χ0) is 16.1. The minimum Gasteiger partial charge on any atom is -0.473 e. The molecular weight excluding hydrogens is 326 g/mol. The topological polar surface area (TPSA) is 104 Å². The van der Waals surface area contributed by atoms with Gasteiger partial charge in [0.2, 0.25) is 0 Å². The Bertz CT molecular complexity index is 517. The summed E-state index contributed by atoms with van der Waals surface area (Å²) in [5.74, 6) is -1.02. The van der Waals surface area contributed by atoms with Gasteiger partial charge in [-0.15, -0.1) is 11.8 Å². The highest BCUT2D eigenvalue weighted by molar-refractivity contribution is 7.99. The molecular formula is C13H19N3O4S2. The summed E-state index contributed by atoms with van der Waals surface area (Å²) in [5.41, 5.74) is 1.30. The first-order valence-corrected chi connectivity index (χ1v) is 8.88. The van der Waals surface area contributed by atoms with E-state index >= 15 is 0 Å². The van der Waals surface area contributed by atoms with E-state index in [1.807, 2.05) is 11.8 Å². The average molecular weight is 345 g/mol. The van der Waals surface area contributed by atoms with E-state index in [9.17, 15) is 0 Å². The first-order valence-electron chi connectivity index (χ1n) is 7.16. The normalized spacial score (nSPS) is 26.1. The van der Waals surface area contributed by atoms with Crippen LogP contribution in [0.3, 0.4) is 0 Å². The number of aromatic nitrogens is 2. The van der Waals surface area contributed by atoms with Crippen LogP contribution in [0.25, 0.3) is 0 Å². The van der Waals surface area contributed by atoms with Crippen molar-refractivity contribution in [1.82, 2.24) is 13.6 Å². The van der Waals surface area contributed by atoms with Gasteiger partial charge in [0.15, 0.2) is 0 Å². The fourth-order valence-electron chi connectivity index (χ4n) is 2.93. The zero-order valence-corrected chi connectivity index (χ0v) is 13.9. The van der Waals surface area contributed by atoms with Gasteiger partial charge in [-0.25, -0.2) is 9.59 Å². The van der Waals surface area contributed by atoms with Crippen LogP contribution in [0.4, 0.5) is 0 Å². The summed E-state index contributed by atoms with van der Waals surface area (Å²) in [7, 11) is 0. The fraction of sp³-hybridized carbons (Fsp3) is 0.692. The number of carboxylic acid groups (broad SMARTS) is 2. The molecule has 9 heteroatoms. The lowest BCUT2D eigenvalue weighted by Gasteiger charge is -2.44. The Morgan fingerprint density at radius 1 is 1.27 bits per heavy atom. The van der Waals surface area contributed by atoms with Crippen molar-refractivity contribution in [3.8, 4) is 0 Å². The first kappa shape index (κ1) is 17.2. The molecule has 0 amide bonds. The van der Waals surface area contributed by atoms with Crippen LogP contribution in [-0.2, 0) is 9.59 Å². The molecule has 4 heterocycles. The molecule has 22 heavy (non-hydrogen) atoms. The zero-order valence-electron chi connectivity index (χ0n) is 12.3. The van der Waals surface area contributed by atoms with Gasteiger partial charge < -0.3 is 15.1 Å². The van der Waals surface area contributed by atoms with E-state index in [2.05, 4.69) is 20.6 Å². The predicted molar refractivity (Wildman–Crippen MR) is 83.5 cm³/mol. The minimum atomic E-state index is -1.82. The highest BCUT2D eigenvalue weighted by Gasteiger charge is 2.37. The van der Waals surface area contributed by atoms with Crippen molar-refractivity contribution in [1.29, 1.82) is 0 Å². The van der Waals surface area contributed by atoms with Crippen molar-refractivity contribution in [2.45, 2.75) is 30.7 Å². The number of carbonyl (C=O) groups is 2. The van der Waals surface area contributed by atoms with Gasteiger partial charge in [0.25, 0.3) is 0 Å². The summed E-state index contributed by atoms with van der Waals surface area (Å²) in [6.07, 6.45) is 2.72. The van der Waals surface area contributed by atoms with Gasteiger partial charge in [-0.3, -0.25) is 0 Å². The molecule has 2 N–H and O–H groups in total. The van der Waals surface area contributed by atoms with Crippen LogP contribution in [-0.4, -0.2) is 61.2 Å². The lowest BCUT2D eigenvalue weighted by molar-refractivity contribution is -0.159. The molecule has 0 saturated carbocycles. The van der Waals surface area contributed by atoms with Gasteiger partial charge in [0.1, 0.15) is 5.03 Å². The van der Waals surface area contributed by atoms with E-state index in [4.69, 9.17) is 19.8 Å². The maximum Gasteiger partial charge on any atom is 0.414 e. The maximum absolute atomic E-state index is 9.10. The summed E-state index contributed by atoms with van der Waals surface area (Å²) in [4.78, 5) is 20.8. The number of fused-ring (bicyclic) bond motifs is 3. The molecule has 3 aliphatic heterocycles. The number of carboxylic acids is 2. The van der Waals surface area contributed by atoms with Gasteiger partial charge >= 0.3 is 11.9 Å². The van der Waals surface area contributed by atoms with Crippen molar-refractivity contribution in [3.63, 3.8) is 0 Å². The van der Waals surface area contributed by atoms with Crippen molar-refractivity contribution in [2.24, 2.45) is 5.92 Å². The van der Waals surface area contributed by atoms with Gasteiger partial charge in [-0.2, -0.15) is 8.75 Å². The minimum absolute atomic E-state index is 0.662. The van der Waals surface area contributed by atoms with Crippen molar-refractivity contribution < 1.29 is 19.8 Å². The predicted octanol–water partition coefficient (Wildman–Crippen LogP) is 1.61. The molecule has 122 valence electrons. The molecule has 3 aliphatic rings. The molecule has 1 aromatic rings. The second-order valence-corrected chi connectivity index (χ2v) is 7.02. The Balaban J connectivity index is 0.000000254. The Kier molecular flexibility index (Phi) is 6.16. The van der Waals surface area contributed by atoms with E-state index in [1.165, 1.54) is 54.9 Å². The number of aliphatic carboxylic acids is 2. The van der Waals surface area contributed by atoms with Gasteiger partial charge in [-0.1, -0.05) is 6.92 Å². The number of nitrogens with zero attached hydrogens (tertiary/aromatic N) is 3. The summed E-state index contributed by atoms with van der Waals surface area (Å²) >= 11 is 3.24. The van der Waals surface area contributed by atoms with Crippen LogP contribution in [0, 0.1) is 5.92 Å². The molecule has 2 bridgehead atoms. The second-order valence-electron chi connectivity index (χ2n) is 5.24. The molecule has 3 fully saturated rings. The largest absolute Gasteiger partial charge is 0.473 e. The van der Waals surface area contributed by atoms with E-state index < -0.39 is 11.9 Å². The molecule has 0 aliphatic carbocycles. The highest BCUT2D eigenvalue weighted by Crippen LogP contribution is 2.41. The van der Waals surface area contributed by atoms with Crippen molar-refractivity contribution in [2.75, 3.05) is 25.4 Å². The Morgan fingerprint density at radius 2 is 1.91 bits per heavy atom. The van der Waals surface area contributed by atoms with E-state index in [0.717, 1.165) is 11.7 Å². The van der Waals surface area contributed by atoms with Crippen LogP contribution in [0.15, 0.2) is 5.03 Å². The molecule has 0 radical (unpaired) electrons. The fourth-order valence-corrected chi connectivity index (χ4v) is 4.43. The van der Waals surface area contributed by atoms with Crippen LogP contribution in [0.2, 0.25) is 0 Å². The molecule has 1 aromatic heterocycles. The Labute approximate surface area is 137 Å². The summed E-state index contributed by atoms with van der Waals surface area (Å²) in [6, 6.07) is 0. The van der Waals surface area contributed by atoms with Crippen molar-refractivity contribution in [3.05, 3.63) is 5.69 Å². The molecule has 1 atom stereocenters. The lowest BCUT2D eigenvalue weighted by Crippen LogP contribution is -2.46. The molecule has 0 spiro atoms. The summed E-state index contributed by atoms with van der Waals surface area (Å²) in [5, 5.41) is 16.0. The number of thioether (sulfide) groups is 1. The second kappa shape index (κ2) is 7.89. The van der Waals surface area contributed by atoms with Crippen molar-refractivity contribution >= 4 is 35.4 Å². The van der Waals surface area contributed by atoms with Crippen LogP contribution in [0.1, 0.15) is 31.4 Å². The van der Waals surface area contributed by atoms with E-state index in [-0.39, 0.29) is 0 Å². The van der Waals surface area contributed by atoms with E-state index in [1.54, 1.807) is 0 Å². The van der Waals surface area contributed by atoms with E-state index in [0.29, 0.717) is 5.92 Å². The number of rotatable bonds is 3. The summed E-state index contributed by atoms with van der Waals surface area (Å²) < 4.78 is 9.00. The van der Waals surface area contributed by atoms with Gasteiger partial charge in [-0.05, 0) is 37.6 Å². The number of piperidine rings is 3. The first-order chi connectivity index (χ1) is 10.5. The third kappa shape index (κ3) is 4.17. The van der Waals surface area contributed by atoms with Gasteiger partial charge in [0.05, 0.1) is 17.4 Å². The average Bonchev–Trinajstić information content (AvgIpc) is 2.97. The third-order valence-electron chi connectivity index (χ3n) is 3.95. The van der Waals surface area contributed by atoms with Crippen LogP contribution >= 0.6 is 23.5 Å². The molecule has 0 aromatic carbocycles. The van der Waals surface area contributed by atoms with Crippen LogP contribution < -0.4 is 0 Å². The molecule has 7 nitrogen and oxygen atoms in total. The summed E-state index contributed by atoms with van der Waals surface area (Å²) in [6.45, 7) is 6.00. The lowest BCUT2D eigenvalue weighted by atomic mass is 9.78. The maximum atomic E-state index is 9.10. The Morgan fingerprint density at radius 3 is 2.36 bits per heavy atom. The standard InChI is InChI=1S/C11H17N3S2.C2H2O4/c1-2-15-11-10(12-16-13-11)9-7-14-5-3-8(9)4-6-14;3-1(4)2(5)6/h8-9H,2-7H2,1H3;(H,3,4)(H,5,6). The quantitative estimate of drug-likeness (QED) is 0.629. The SMILES string of the molecule is CCSc1nsnc1C1CN2CCC1CC2.O=C(O)C(=O)O. The van der Waals surface area contributed by atoms with Crippen LogP contribution in [0.5, 0.6) is 0 Å². The molecule has 4 rings (SSSR count). The number of hydrogen-bond donors (Lipinski definition) is 2. The molecule has 1 unspecified atom stereocenters. The van der Waals surface area contributed by atoms with Gasteiger partial charge in [0, 0.05) is 12.5 Å². The number of hydrogen-bond acceptors (Lipinski definition) is 7. The smallest absolute Gasteiger partial charge is 0.414 e. The highest BCUT2D eigenvalue weighted by atomic mass is 32.2. The third-order valence-corrected chi connectivity index (χ3v) is 5.47. The Hall–Kier alpha value is -1.19.